The Morgan fingerprint density at radius 1 is 0.960 bits per heavy atom. The first-order chi connectivity index (χ1) is 11.9. The first kappa shape index (κ1) is 21.3. The maximum atomic E-state index is 12.4. The molecule has 4 nitrogen and oxygen atoms in total. The summed E-state index contributed by atoms with van der Waals surface area (Å²) in [6, 6.07) is 9.77. The third kappa shape index (κ3) is 10.7. The molecule has 0 aromatic heterocycles. The number of amides is 1. The number of para-hydroxylation sites is 1. The summed E-state index contributed by atoms with van der Waals surface area (Å²) in [6.45, 7) is 9.94. The number of nitrogens with zero attached hydrogens (tertiary/aromatic N) is 1. The Bertz CT molecular complexity index is 468. The molecular formula is C21H35NO3. The number of carbonyl (C=O) groups is 1. The van der Waals surface area contributed by atoms with Crippen LogP contribution in [0.15, 0.2) is 30.3 Å². The second kappa shape index (κ2) is 11.8. The van der Waals surface area contributed by atoms with Crippen molar-refractivity contribution in [2.24, 2.45) is 0 Å². The van der Waals surface area contributed by atoms with Crippen molar-refractivity contribution in [1.29, 1.82) is 0 Å². The zero-order chi connectivity index (χ0) is 18.5. The van der Waals surface area contributed by atoms with E-state index in [1.807, 2.05) is 56.0 Å². The predicted molar refractivity (Wildman–Crippen MR) is 103 cm³/mol. The number of rotatable bonds is 11. The molecule has 4 heteroatoms. The minimum absolute atomic E-state index is 0.220. The number of ether oxygens (including phenoxy) is 2. The molecule has 0 N–H and O–H groups in total. The topological polar surface area (TPSA) is 38.8 Å². The molecule has 0 spiro atoms. The first-order valence-electron chi connectivity index (χ1n) is 9.58. The minimum atomic E-state index is -0.460. The van der Waals surface area contributed by atoms with Gasteiger partial charge < -0.3 is 14.4 Å². The van der Waals surface area contributed by atoms with Gasteiger partial charge in [-0.05, 0) is 45.7 Å². The van der Waals surface area contributed by atoms with Crippen LogP contribution in [0.4, 0.5) is 4.79 Å². The van der Waals surface area contributed by atoms with Crippen molar-refractivity contribution < 1.29 is 14.3 Å². The van der Waals surface area contributed by atoms with E-state index in [9.17, 15) is 4.79 Å². The molecule has 1 rings (SSSR count). The van der Waals surface area contributed by atoms with Gasteiger partial charge in [-0.25, -0.2) is 4.79 Å². The molecule has 0 fully saturated rings. The zero-order valence-electron chi connectivity index (χ0n) is 16.4. The standard InChI is InChI=1S/C21H35NO3/c1-5-6-7-8-12-16-22(20(23)25-21(2,3)4)17-13-18-24-19-14-10-9-11-15-19/h9-11,14-15H,5-8,12-13,16-18H2,1-4H3. The summed E-state index contributed by atoms with van der Waals surface area (Å²) in [4.78, 5) is 14.2. The number of unbranched alkanes of at least 4 members (excludes halogenated alkanes) is 4. The lowest BCUT2D eigenvalue weighted by atomic mass is 10.1. The molecular weight excluding hydrogens is 314 g/mol. The van der Waals surface area contributed by atoms with Gasteiger partial charge in [-0.1, -0.05) is 50.8 Å². The van der Waals surface area contributed by atoms with E-state index < -0.39 is 5.60 Å². The van der Waals surface area contributed by atoms with Crippen molar-refractivity contribution in [3.05, 3.63) is 30.3 Å². The maximum absolute atomic E-state index is 12.4. The van der Waals surface area contributed by atoms with E-state index in [0.717, 1.165) is 31.6 Å². The van der Waals surface area contributed by atoms with Crippen LogP contribution in [0.2, 0.25) is 0 Å². The number of carbonyl (C=O) groups excluding carboxylic acids is 1. The highest BCUT2D eigenvalue weighted by molar-refractivity contribution is 5.68. The summed E-state index contributed by atoms with van der Waals surface area (Å²) in [5, 5.41) is 0. The van der Waals surface area contributed by atoms with Crippen LogP contribution < -0.4 is 4.74 Å². The Kier molecular flexibility index (Phi) is 10.0. The van der Waals surface area contributed by atoms with Gasteiger partial charge in [-0.2, -0.15) is 0 Å². The van der Waals surface area contributed by atoms with E-state index in [-0.39, 0.29) is 6.09 Å². The molecule has 0 heterocycles. The molecule has 1 amide bonds. The SMILES string of the molecule is CCCCCCCN(CCCOc1ccccc1)C(=O)OC(C)(C)C. The third-order valence-electron chi connectivity index (χ3n) is 3.77. The average molecular weight is 350 g/mol. The van der Waals surface area contributed by atoms with Gasteiger partial charge in [0.1, 0.15) is 11.4 Å². The molecule has 1 aromatic rings. The molecule has 0 saturated carbocycles. The summed E-state index contributed by atoms with van der Waals surface area (Å²) in [7, 11) is 0. The molecule has 0 aliphatic rings. The van der Waals surface area contributed by atoms with Gasteiger partial charge in [0.05, 0.1) is 6.61 Å². The fraction of sp³-hybridized carbons (Fsp3) is 0.667. The highest BCUT2D eigenvalue weighted by atomic mass is 16.6. The van der Waals surface area contributed by atoms with Gasteiger partial charge in [0.2, 0.25) is 0 Å². The summed E-state index contributed by atoms with van der Waals surface area (Å²) in [5.41, 5.74) is -0.460. The Morgan fingerprint density at radius 2 is 1.60 bits per heavy atom. The fourth-order valence-electron chi connectivity index (χ4n) is 2.49. The normalized spacial score (nSPS) is 11.2. The van der Waals surface area contributed by atoms with Crippen LogP contribution in [-0.2, 0) is 4.74 Å². The highest BCUT2D eigenvalue weighted by Gasteiger charge is 2.21. The molecule has 0 bridgehead atoms. The van der Waals surface area contributed by atoms with E-state index >= 15 is 0 Å². The predicted octanol–water partition coefficient (Wildman–Crippen LogP) is 5.66. The summed E-state index contributed by atoms with van der Waals surface area (Å²) in [6.07, 6.45) is 6.48. The van der Waals surface area contributed by atoms with Crippen LogP contribution in [0.5, 0.6) is 5.75 Å². The van der Waals surface area contributed by atoms with Crippen LogP contribution >= 0.6 is 0 Å². The lowest BCUT2D eigenvalue weighted by molar-refractivity contribution is 0.0238. The lowest BCUT2D eigenvalue weighted by Crippen LogP contribution is -2.38. The van der Waals surface area contributed by atoms with Crippen molar-refractivity contribution in [3.8, 4) is 5.75 Å². The molecule has 0 aliphatic heterocycles. The van der Waals surface area contributed by atoms with E-state index in [1.54, 1.807) is 0 Å². The van der Waals surface area contributed by atoms with Crippen LogP contribution in [-0.4, -0.2) is 36.3 Å². The molecule has 0 unspecified atom stereocenters. The highest BCUT2D eigenvalue weighted by Crippen LogP contribution is 2.13. The van der Waals surface area contributed by atoms with Crippen molar-refractivity contribution >= 4 is 6.09 Å². The Morgan fingerprint density at radius 3 is 2.24 bits per heavy atom. The van der Waals surface area contributed by atoms with Gasteiger partial charge in [0, 0.05) is 13.1 Å². The second-order valence-electron chi connectivity index (χ2n) is 7.40. The summed E-state index contributed by atoms with van der Waals surface area (Å²) >= 11 is 0. The van der Waals surface area contributed by atoms with Crippen LogP contribution in [0.3, 0.4) is 0 Å². The summed E-state index contributed by atoms with van der Waals surface area (Å²) < 4.78 is 11.3. The maximum Gasteiger partial charge on any atom is 0.410 e. The first-order valence-corrected chi connectivity index (χ1v) is 9.58. The Balaban J connectivity index is 2.39. The number of benzene rings is 1. The third-order valence-corrected chi connectivity index (χ3v) is 3.77. The van der Waals surface area contributed by atoms with Crippen LogP contribution in [0, 0.1) is 0 Å². The molecule has 1 aromatic carbocycles. The molecule has 142 valence electrons. The van der Waals surface area contributed by atoms with Crippen molar-refractivity contribution in [2.45, 2.75) is 71.8 Å². The Labute approximate surface area is 153 Å². The molecule has 0 radical (unpaired) electrons. The second-order valence-corrected chi connectivity index (χ2v) is 7.40. The van der Waals surface area contributed by atoms with E-state index in [2.05, 4.69) is 6.92 Å². The van der Waals surface area contributed by atoms with Gasteiger partial charge >= 0.3 is 6.09 Å². The van der Waals surface area contributed by atoms with Crippen molar-refractivity contribution in [1.82, 2.24) is 4.90 Å². The van der Waals surface area contributed by atoms with Crippen molar-refractivity contribution in [2.75, 3.05) is 19.7 Å². The molecule has 0 atom stereocenters. The molecule has 0 saturated heterocycles. The van der Waals surface area contributed by atoms with Gasteiger partial charge in [0.15, 0.2) is 0 Å². The lowest BCUT2D eigenvalue weighted by Gasteiger charge is -2.27. The fourth-order valence-corrected chi connectivity index (χ4v) is 2.49. The largest absolute Gasteiger partial charge is 0.494 e. The Hall–Kier alpha value is -1.71. The number of hydrogen-bond acceptors (Lipinski definition) is 3. The van der Waals surface area contributed by atoms with E-state index in [4.69, 9.17) is 9.47 Å². The van der Waals surface area contributed by atoms with Gasteiger partial charge in [0.25, 0.3) is 0 Å². The van der Waals surface area contributed by atoms with Crippen LogP contribution in [0.1, 0.15) is 66.2 Å². The number of hydrogen-bond donors (Lipinski definition) is 0. The molecule has 0 aliphatic carbocycles. The molecule has 25 heavy (non-hydrogen) atoms. The monoisotopic (exact) mass is 349 g/mol. The van der Waals surface area contributed by atoms with Crippen molar-refractivity contribution in [3.63, 3.8) is 0 Å². The average Bonchev–Trinajstić information content (AvgIpc) is 2.55. The van der Waals surface area contributed by atoms with E-state index in [0.29, 0.717) is 13.2 Å². The van der Waals surface area contributed by atoms with E-state index in [1.165, 1.54) is 19.3 Å². The van der Waals surface area contributed by atoms with Gasteiger partial charge in [-0.3, -0.25) is 0 Å². The van der Waals surface area contributed by atoms with Crippen LogP contribution in [0.25, 0.3) is 0 Å². The smallest absolute Gasteiger partial charge is 0.410 e. The quantitative estimate of drug-likeness (QED) is 0.484. The minimum Gasteiger partial charge on any atom is -0.494 e. The summed E-state index contributed by atoms with van der Waals surface area (Å²) in [5.74, 6) is 0.867. The van der Waals surface area contributed by atoms with Gasteiger partial charge in [-0.15, -0.1) is 0 Å². The zero-order valence-corrected chi connectivity index (χ0v) is 16.4.